The lowest BCUT2D eigenvalue weighted by molar-refractivity contribution is -0.144. The summed E-state index contributed by atoms with van der Waals surface area (Å²) in [5.74, 6) is -0.0404. The number of rotatable bonds is 9. The van der Waals surface area contributed by atoms with Gasteiger partial charge in [-0.2, -0.15) is 5.26 Å². The van der Waals surface area contributed by atoms with Gasteiger partial charge in [0.05, 0.1) is 13.2 Å². The van der Waals surface area contributed by atoms with Gasteiger partial charge in [0.1, 0.15) is 17.4 Å². The highest BCUT2D eigenvalue weighted by Crippen LogP contribution is 2.16. The maximum atomic E-state index is 12.2. The number of carbonyl (C=O) groups excluding carboxylic acids is 2. The second-order valence-electron chi connectivity index (χ2n) is 7.65. The van der Waals surface area contributed by atoms with Gasteiger partial charge < -0.3 is 14.8 Å². The van der Waals surface area contributed by atoms with Crippen LogP contribution in [0.1, 0.15) is 43.5 Å². The Morgan fingerprint density at radius 2 is 1.71 bits per heavy atom. The molecule has 1 N–H and O–H groups in total. The van der Waals surface area contributed by atoms with Crippen molar-refractivity contribution in [1.29, 1.82) is 5.26 Å². The Kier molecular flexibility index (Phi) is 8.83. The summed E-state index contributed by atoms with van der Waals surface area (Å²) >= 11 is 0. The first-order chi connectivity index (χ1) is 14.8. The zero-order valence-electron chi connectivity index (χ0n) is 18.3. The summed E-state index contributed by atoms with van der Waals surface area (Å²) in [7, 11) is 1.55. The van der Waals surface area contributed by atoms with Gasteiger partial charge in [0, 0.05) is 0 Å². The molecule has 0 saturated carbocycles. The van der Waals surface area contributed by atoms with Crippen molar-refractivity contribution < 1.29 is 19.1 Å². The fourth-order valence-corrected chi connectivity index (χ4v) is 2.99. The third kappa shape index (κ3) is 7.63. The molecule has 0 bridgehead atoms. The van der Waals surface area contributed by atoms with Gasteiger partial charge in [-0.05, 0) is 54.2 Å². The Hall–Kier alpha value is -3.59. The van der Waals surface area contributed by atoms with E-state index in [4.69, 9.17) is 9.47 Å². The van der Waals surface area contributed by atoms with Crippen LogP contribution in [0.3, 0.4) is 0 Å². The lowest BCUT2D eigenvalue weighted by Gasteiger charge is -2.15. The number of carbonyl (C=O) groups is 2. The fraction of sp³-hybridized carbons (Fsp3) is 0.320. The molecular weight excluding hydrogens is 392 g/mol. The van der Waals surface area contributed by atoms with Crippen molar-refractivity contribution in [3.8, 4) is 11.8 Å². The molecule has 0 aromatic heterocycles. The monoisotopic (exact) mass is 420 g/mol. The van der Waals surface area contributed by atoms with E-state index < -0.39 is 18.5 Å². The molecule has 6 nitrogen and oxygen atoms in total. The molecule has 0 spiro atoms. The van der Waals surface area contributed by atoms with Crippen LogP contribution in [-0.4, -0.2) is 25.6 Å². The molecule has 2 rings (SSSR count). The highest BCUT2D eigenvalue weighted by Gasteiger charge is 2.15. The standard InChI is InChI=1S/C25H28N2O4/c1-17(2)13-19-5-9-21(10-6-19)18(3)27-24(28)16-31-25(29)22(15-26)14-20-7-11-23(30-4)12-8-20/h5-12,14,17-18H,13,16H2,1-4H3,(H,27,28)/b22-14+/t18-/m1/s1. The number of esters is 1. The Morgan fingerprint density at radius 1 is 1.06 bits per heavy atom. The van der Waals surface area contributed by atoms with Crippen LogP contribution in [0.2, 0.25) is 0 Å². The highest BCUT2D eigenvalue weighted by molar-refractivity contribution is 5.98. The summed E-state index contributed by atoms with van der Waals surface area (Å²) in [6.45, 7) is 5.74. The second kappa shape index (κ2) is 11.6. The van der Waals surface area contributed by atoms with E-state index in [1.165, 1.54) is 11.6 Å². The van der Waals surface area contributed by atoms with Crippen molar-refractivity contribution >= 4 is 18.0 Å². The lowest BCUT2D eigenvalue weighted by Crippen LogP contribution is -2.31. The normalized spacial score (nSPS) is 12.1. The van der Waals surface area contributed by atoms with Crippen molar-refractivity contribution in [2.75, 3.05) is 13.7 Å². The largest absolute Gasteiger partial charge is 0.497 e. The molecule has 0 radical (unpaired) electrons. The average Bonchev–Trinajstić information content (AvgIpc) is 2.76. The van der Waals surface area contributed by atoms with E-state index in [0.717, 1.165) is 12.0 Å². The van der Waals surface area contributed by atoms with Gasteiger partial charge in [-0.3, -0.25) is 4.79 Å². The van der Waals surface area contributed by atoms with E-state index in [9.17, 15) is 14.9 Å². The molecule has 0 aliphatic heterocycles. The highest BCUT2D eigenvalue weighted by atomic mass is 16.5. The molecule has 1 atom stereocenters. The number of hydrogen-bond donors (Lipinski definition) is 1. The van der Waals surface area contributed by atoms with Crippen LogP contribution in [0.5, 0.6) is 5.75 Å². The van der Waals surface area contributed by atoms with Gasteiger partial charge >= 0.3 is 5.97 Å². The molecule has 0 unspecified atom stereocenters. The first-order valence-electron chi connectivity index (χ1n) is 10.1. The molecule has 6 heteroatoms. The lowest BCUT2D eigenvalue weighted by atomic mass is 10.00. The van der Waals surface area contributed by atoms with E-state index in [-0.39, 0.29) is 11.6 Å². The molecular formula is C25H28N2O4. The summed E-state index contributed by atoms with van der Waals surface area (Å²) in [5, 5.41) is 12.0. The van der Waals surface area contributed by atoms with Crippen LogP contribution in [0.4, 0.5) is 0 Å². The maximum absolute atomic E-state index is 12.2. The zero-order chi connectivity index (χ0) is 22.8. The minimum absolute atomic E-state index is 0.188. The molecule has 1 amide bonds. The number of amides is 1. The Morgan fingerprint density at radius 3 is 2.26 bits per heavy atom. The van der Waals surface area contributed by atoms with Crippen LogP contribution in [0, 0.1) is 17.2 Å². The second-order valence-corrected chi connectivity index (χ2v) is 7.65. The van der Waals surface area contributed by atoms with Gasteiger partial charge in [0.2, 0.25) is 0 Å². The smallest absolute Gasteiger partial charge is 0.349 e. The van der Waals surface area contributed by atoms with Crippen molar-refractivity contribution in [3.63, 3.8) is 0 Å². The number of nitrogens with one attached hydrogen (secondary N) is 1. The summed E-state index contributed by atoms with van der Waals surface area (Å²) in [6.07, 6.45) is 2.41. The van der Waals surface area contributed by atoms with Crippen LogP contribution >= 0.6 is 0 Å². The van der Waals surface area contributed by atoms with Gasteiger partial charge in [-0.25, -0.2) is 4.79 Å². The number of ether oxygens (including phenoxy) is 2. The molecule has 0 fully saturated rings. The van der Waals surface area contributed by atoms with E-state index in [1.807, 2.05) is 25.1 Å². The molecule has 162 valence electrons. The molecule has 2 aromatic carbocycles. The Balaban J connectivity index is 1.89. The van der Waals surface area contributed by atoms with E-state index >= 15 is 0 Å². The van der Waals surface area contributed by atoms with Crippen molar-refractivity contribution in [1.82, 2.24) is 5.32 Å². The van der Waals surface area contributed by atoms with E-state index in [2.05, 4.69) is 31.3 Å². The third-order valence-electron chi connectivity index (χ3n) is 4.60. The molecule has 31 heavy (non-hydrogen) atoms. The molecule has 2 aromatic rings. The average molecular weight is 421 g/mol. The minimum Gasteiger partial charge on any atom is -0.497 e. The zero-order valence-corrected chi connectivity index (χ0v) is 18.3. The topological polar surface area (TPSA) is 88.4 Å². The van der Waals surface area contributed by atoms with Gasteiger partial charge in [0.25, 0.3) is 5.91 Å². The third-order valence-corrected chi connectivity index (χ3v) is 4.60. The predicted octanol–water partition coefficient (Wildman–Crippen LogP) is 4.22. The summed E-state index contributed by atoms with van der Waals surface area (Å²) in [4.78, 5) is 24.3. The first kappa shape index (κ1) is 23.7. The van der Waals surface area contributed by atoms with Crippen LogP contribution < -0.4 is 10.1 Å². The maximum Gasteiger partial charge on any atom is 0.349 e. The van der Waals surface area contributed by atoms with Gasteiger partial charge in [-0.15, -0.1) is 0 Å². The fourth-order valence-electron chi connectivity index (χ4n) is 2.99. The first-order valence-corrected chi connectivity index (χ1v) is 10.1. The summed E-state index contributed by atoms with van der Waals surface area (Å²) in [5.41, 5.74) is 2.67. The molecule has 0 saturated heterocycles. The molecule has 0 heterocycles. The molecule has 0 aliphatic rings. The van der Waals surface area contributed by atoms with Gasteiger partial charge in [-0.1, -0.05) is 50.2 Å². The number of methoxy groups -OCH3 is 1. The van der Waals surface area contributed by atoms with Crippen LogP contribution in [-0.2, 0) is 20.7 Å². The van der Waals surface area contributed by atoms with Gasteiger partial charge in [0.15, 0.2) is 6.61 Å². The van der Waals surface area contributed by atoms with Crippen LogP contribution in [0.25, 0.3) is 6.08 Å². The van der Waals surface area contributed by atoms with Crippen molar-refractivity contribution in [3.05, 3.63) is 70.8 Å². The Labute approximate surface area is 183 Å². The van der Waals surface area contributed by atoms with Crippen LogP contribution in [0.15, 0.2) is 54.1 Å². The predicted molar refractivity (Wildman–Crippen MR) is 119 cm³/mol. The quantitative estimate of drug-likeness (QED) is 0.373. The molecule has 0 aliphatic carbocycles. The minimum atomic E-state index is -0.848. The van der Waals surface area contributed by atoms with E-state index in [0.29, 0.717) is 17.2 Å². The SMILES string of the molecule is COc1ccc(/C=C(\C#N)C(=O)OCC(=O)N[C@H](C)c2ccc(CC(C)C)cc2)cc1. The number of benzene rings is 2. The number of hydrogen-bond acceptors (Lipinski definition) is 5. The van der Waals surface area contributed by atoms with Crippen molar-refractivity contribution in [2.24, 2.45) is 5.92 Å². The number of nitriles is 1. The summed E-state index contributed by atoms with van der Waals surface area (Å²) < 4.78 is 10.1. The van der Waals surface area contributed by atoms with E-state index in [1.54, 1.807) is 31.4 Å². The van der Waals surface area contributed by atoms with Crippen molar-refractivity contribution in [2.45, 2.75) is 33.2 Å². The summed E-state index contributed by atoms with van der Waals surface area (Å²) in [6, 6.07) is 16.5. The number of nitrogens with zero attached hydrogens (tertiary/aromatic N) is 1. The Bertz CT molecular complexity index is 955.